The Labute approximate surface area is 110 Å². The van der Waals surface area contributed by atoms with Gasteiger partial charge in [0.1, 0.15) is 0 Å². The van der Waals surface area contributed by atoms with Crippen molar-refractivity contribution in [2.24, 2.45) is 0 Å². The molecule has 2 N–H and O–H groups in total. The molecule has 0 spiro atoms. The van der Waals surface area contributed by atoms with E-state index in [1.807, 2.05) is 30.3 Å². The molecular formula is C15H13N3O. The fourth-order valence-corrected chi connectivity index (χ4v) is 2.29. The number of aromatic nitrogens is 2. The Kier molecular flexibility index (Phi) is 2.12. The maximum absolute atomic E-state index is 6.09. The van der Waals surface area contributed by atoms with Gasteiger partial charge in [-0.1, -0.05) is 29.4 Å². The van der Waals surface area contributed by atoms with Gasteiger partial charge >= 0.3 is 0 Å². The van der Waals surface area contributed by atoms with Gasteiger partial charge in [-0.25, -0.2) is 0 Å². The van der Waals surface area contributed by atoms with Crippen LogP contribution in [0.3, 0.4) is 0 Å². The summed E-state index contributed by atoms with van der Waals surface area (Å²) in [5.74, 6) is 1.81. The molecule has 19 heavy (non-hydrogen) atoms. The average Bonchev–Trinajstić information content (AvgIpc) is 3.16. The quantitative estimate of drug-likeness (QED) is 0.709. The molecule has 0 aliphatic heterocycles. The highest BCUT2D eigenvalue weighted by Crippen LogP contribution is 2.39. The minimum atomic E-state index is 0.485. The molecule has 0 radical (unpaired) electrons. The molecule has 0 atom stereocenters. The molecule has 4 nitrogen and oxygen atoms in total. The van der Waals surface area contributed by atoms with Crippen LogP contribution in [-0.4, -0.2) is 10.1 Å². The molecule has 4 rings (SSSR count). The number of rotatable bonds is 2. The van der Waals surface area contributed by atoms with Gasteiger partial charge in [-0.2, -0.15) is 4.98 Å². The Morgan fingerprint density at radius 3 is 2.58 bits per heavy atom. The van der Waals surface area contributed by atoms with E-state index in [4.69, 9.17) is 10.3 Å². The number of nitrogen functional groups attached to an aromatic ring is 1. The minimum absolute atomic E-state index is 0.485. The number of fused-ring (bicyclic) bond motifs is 1. The standard InChI is InChI=1S/C15H13N3O/c16-13-8-11-4-2-1-3-10(11)7-12(13)15-17-14(18-19-15)9-5-6-9/h1-4,7-9H,5-6,16H2. The van der Waals surface area contributed by atoms with Crippen LogP contribution in [0.15, 0.2) is 40.9 Å². The highest BCUT2D eigenvalue weighted by atomic mass is 16.5. The molecule has 1 aromatic heterocycles. The Hall–Kier alpha value is -2.36. The van der Waals surface area contributed by atoms with Gasteiger partial charge in [-0.05, 0) is 35.7 Å². The first-order valence-corrected chi connectivity index (χ1v) is 6.43. The summed E-state index contributed by atoms with van der Waals surface area (Å²) in [7, 11) is 0. The predicted molar refractivity (Wildman–Crippen MR) is 73.6 cm³/mol. The van der Waals surface area contributed by atoms with Crippen LogP contribution in [-0.2, 0) is 0 Å². The van der Waals surface area contributed by atoms with Crippen molar-refractivity contribution in [3.63, 3.8) is 0 Å². The van der Waals surface area contributed by atoms with Crippen molar-refractivity contribution in [3.05, 3.63) is 42.2 Å². The summed E-state index contributed by atoms with van der Waals surface area (Å²) in [5, 5.41) is 6.27. The van der Waals surface area contributed by atoms with E-state index < -0.39 is 0 Å². The Balaban J connectivity index is 1.86. The fourth-order valence-electron chi connectivity index (χ4n) is 2.29. The molecule has 0 amide bonds. The molecule has 0 unspecified atom stereocenters. The largest absolute Gasteiger partial charge is 0.398 e. The second-order valence-electron chi connectivity index (χ2n) is 5.02. The van der Waals surface area contributed by atoms with Gasteiger partial charge in [0.25, 0.3) is 5.89 Å². The van der Waals surface area contributed by atoms with E-state index >= 15 is 0 Å². The molecule has 1 aliphatic carbocycles. The lowest BCUT2D eigenvalue weighted by Crippen LogP contribution is -1.91. The van der Waals surface area contributed by atoms with Crippen LogP contribution in [0.2, 0.25) is 0 Å². The zero-order chi connectivity index (χ0) is 12.8. The summed E-state index contributed by atoms with van der Waals surface area (Å²) in [6.07, 6.45) is 2.32. The zero-order valence-electron chi connectivity index (χ0n) is 10.3. The summed E-state index contributed by atoms with van der Waals surface area (Å²) >= 11 is 0. The van der Waals surface area contributed by atoms with Crippen LogP contribution in [0.5, 0.6) is 0 Å². The van der Waals surface area contributed by atoms with Gasteiger partial charge in [-0.3, -0.25) is 0 Å². The minimum Gasteiger partial charge on any atom is -0.398 e. The molecule has 0 bridgehead atoms. The maximum atomic E-state index is 6.09. The number of hydrogen-bond acceptors (Lipinski definition) is 4. The van der Waals surface area contributed by atoms with E-state index in [1.54, 1.807) is 0 Å². The lowest BCUT2D eigenvalue weighted by atomic mass is 10.1. The summed E-state index contributed by atoms with van der Waals surface area (Å²) in [6.45, 7) is 0. The number of benzene rings is 2. The van der Waals surface area contributed by atoms with Gasteiger partial charge in [-0.15, -0.1) is 0 Å². The third kappa shape index (κ3) is 1.76. The number of nitrogens with two attached hydrogens (primary N) is 1. The van der Waals surface area contributed by atoms with Crippen LogP contribution in [0.4, 0.5) is 5.69 Å². The normalized spacial score (nSPS) is 14.9. The molecule has 4 heteroatoms. The molecule has 1 heterocycles. The predicted octanol–water partition coefficient (Wildman–Crippen LogP) is 3.35. The van der Waals surface area contributed by atoms with Crippen molar-refractivity contribution in [2.75, 3.05) is 5.73 Å². The van der Waals surface area contributed by atoms with E-state index in [2.05, 4.69) is 16.2 Å². The van der Waals surface area contributed by atoms with Crippen LogP contribution < -0.4 is 5.73 Å². The first-order chi connectivity index (χ1) is 9.31. The summed E-state index contributed by atoms with van der Waals surface area (Å²) < 4.78 is 5.34. The molecule has 1 saturated carbocycles. The zero-order valence-corrected chi connectivity index (χ0v) is 10.3. The van der Waals surface area contributed by atoms with Crippen molar-refractivity contribution < 1.29 is 4.52 Å². The second-order valence-corrected chi connectivity index (χ2v) is 5.02. The molecular weight excluding hydrogens is 238 g/mol. The molecule has 1 fully saturated rings. The maximum Gasteiger partial charge on any atom is 0.260 e. The Bertz CT molecular complexity index is 759. The van der Waals surface area contributed by atoms with Crippen molar-refractivity contribution in [1.29, 1.82) is 0 Å². The topological polar surface area (TPSA) is 64.9 Å². The Morgan fingerprint density at radius 1 is 1.11 bits per heavy atom. The van der Waals surface area contributed by atoms with Crippen molar-refractivity contribution >= 4 is 16.5 Å². The number of anilines is 1. The molecule has 3 aromatic rings. The van der Waals surface area contributed by atoms with Crippen molar-refractivity contribution in [2.45, 2.75) is 18.8 Å². The Morgan fingerprint density at radius 2 is 1.84 bits per heavy atom. The third-order valence-corrected chi connectivity index (χ3v) is 3.53. The molecule has 94 valence electrons. The van der Waals surface area contributed by atoms with Crippen LogP contribution in [0.1, 0.15) is 24.6 Å². The summed E-state index contributed by atoms with van der Waals surface area (Å²) in [4.78, 5) is 4.45. The molecule has 1 aliphatic rings. The third-order valence-electron chi connectivity index (χ3n) is 3.53. The van der Waals surface area contributed by atoms with E-state index in [0.29, 0.717) is 17.5 Å². The van der Waals surface area contributed by atoms with E-state index in [1.165, 1.54) is 0 Å². The van der Waals surface area contributed by atoms with Crippen molar-refractivity contribution in [3.8, 4) is 11.5 Å². The highest BCUT2D eigenvalue weighted by Gasteiger charge is 2.29. The van der Waals surface area contributed by atoms with Crippen molar-refractivity contribution in [1.82, 2.24) is 10.1 Å². The van der Waals surface area contributed by atoms with Gasteiger partial charge in [0.15, 0.2) is 5.82 Å². The van der Waals surface area contributed by atoms with Gasteiger partial charge < -0.3 is 10.3 Å². The fraction of sp³-hybridized carbons (Fsp3) is 0.200. The van der Waals surface area contributed by atoms with Gasteiger partial charge in [0, 0.05) is 11.6 Å². The average molecular weight is 251 g/mol. The highest BCUT2D eigenvalue weighted by molar-refractivity contribution is 5.92. The SMILES string of the molecule is Nc1cc2ccccc2cc1-c1nc(C2CC2)no1. The molecule has 0 saturated heterocycles. The summed E-state index contributed by atoms with van der Waals surface area (Å²) in [5.41, 5.74) is 7.58. The first-order valence-electron chi connectivity index (χ1n) is 6.43. The van der Waals surface area contributed by atoms with Crippen LogP contribution in [0.25, 0.3) is 22.2 Å². The second kappa shape index (κ2) is 3.82. The van der Waals surface area contributed by atoms with Crippen LogP contribution in [0, 0.1) is 0 Å². The monoisotopic (exact) mass is 251 g/mol. The first kappa shape index (κ1) is 10.6. The number of hydrogen-bond donors (Lipinski definition) is 1. The smallest absolute Gasteiger partial charge is 0.260 e. The molecule has 2 aromatic carbocycles. The van der Waals surface area contributed by atoms with Gasteiger partial charge in [0.2, 0.25) is 0 Å². The lowest BCUT2D eigenvalue weighted by Gasteiger charge is -2.03. The van der Waals surface area contributed by atoms with E-state index in [9.17, 15) is 0 Å². The lowest BCUT2D eigenvalue weighted by molar-refractivity contribution is 0.423. The van der Waals surface area contributed by atoms with Gasteiger partial charge in [0.05, 0.1) is 5.56 Å². The number of nitrogens with zero attached hydrogens (tertiary/aromatic N) is 2. The van der Waals surface area contributed by atoms with Crippen LogP contribution >= 0.6 is 0 Å². The van der Waals surface area contributed by atoms with E-state index in [0.717, 1.165) is 35.0 Å². The summed E-state index contributed by atoms with van der Waals surface area (Å²) in [6, 6.07) is 12.1. The van der Waals surface area contributed by atoms with E-state index in [-0.39, 0.29) is 0 Å².